The molecular weight excluding hydrogens is 511 g/mol. The maximum absolute atomic E-state index is 13.5. The number of anilines is 1. The third-order valence-corrected chi connectivity index (χ3v) is 9.81. The summed E-state index contributed by atoms with van der Waals surface area (Å²) in [6.07, 6.45) is -0.336. The summed E-state index contributed by atoms with van der Waals surface area (Å²) < 4.78 is 67.1. The lowest BCUT2D eigenvalue weighted by Crippen LogP contribution is -2.56. The van der Waals surface area contributed by atoms with Crippen LogP contribution in [0.2, 0.25) is 5.02 Å². The Hall–Kier alpha value is -2.18. The summed E-state index contributed by atoms with van der Waals surface area (Å²) in [6, 6.07) is 4.66. The number of halogens is 4. The fourth-order valence-electron chi connectivity index (χ4n) is 5.36. The molecule has 0 spiro atoms. The van der Waals surface area contributed by atoms with Crippen LogP contribution >= 0.6 is 11.6 Å². The van der Waals surface area contributed by atoms with Crippen LogP contribution in [0.1, 0.15) is 36.0 Å². The van der Waals surface area contributed by atoms with Crippen molar-refractivity contribution in [1.82, 2.24) is 0 Å². The predicted octanol–water partition coefficient (Wildman–Crippen LogP) is 3.06. The number of carbonyl (C=O) groups excluding carboxylic acids is 1. The van der Waals surface area contributed by atoms with E-state index in [9.17, 15) is 41.7 Å². The van der Waals surface area contributed by atoms with Gasteiger partial charge in [0, 0.05) is 23.4 Å². The SMILES string of the molecule is O=C(Nc1cc(F)c(F)c(F)c1)c1ccc(Cl)c(S(=O)(=O)[C@@H]2CC3CC[C@@H](C2)[C@@]3(O)C(O)CO)c1. The fraction of sp³-hybridized carbons (Fsp3) is 0.435. The van der Waals surface area contributed by atoms with Crippen molar-refractivity contribution in [3.8, 4) is 0 Å². The van der Waals surface area contributed by atoms with Gasteiger partial charge in [0.25, 0.3) is 5.91 Å². The second-order valence-corrected chi connectivity index (χ2v) is 11.7. The number of rotatable bonds is 6. The van der Waals surface area contributed by atoms with Crippen molar-refractivity contribution in [2.24, 2.45) is 11.8 Å². The van der Waals surface area contributed by atoms with E-state index in [4.69, 9.17) is 11.6 Å². The standard InChI is InChI=1S/C23H23ClF3NO6S/c24-16-4-1-11(22(31)28-14-8-17(25)21(27)18(26)9-14)5-19(16)35(33,34)15-6-12-2-3-13(7-15)23(12,32)20(30)10-29/h1,4-5,8-9,12-13,15,20,29-30,32H,2-3,6-7,10H2,(H,28,31)/t12-,13?,15-,20?,23-/m0/s1. The highest BCUT2D eigenvalue weighted by atomic mass is 35.5. The Kier molecular flexibility index (Phi) is 6.93. The maximum atomic E-state index is 13.5. The van der Waals surface area contributed by atoms with E-state index >= 15 is 0 Å². The van der Waals surface area contributed by atoms with E-state index in [1.54, 1.807) is 0 Å². The van der Waals surface area contributed by atoms with E-state index in [-0.39, 0.29) is 34.0 Å². The summed E-state index contributed by atoms with van der Waals surface area (Å²) in [7, 11) is -4.09. The first kappa shape index (κ1) is 25.9. The highest BCUT2D eigenvalue weighted by Gasteiger charge is 2.58. The van der Waals surface area contributed by atoms with Crippen LogP contribution in [-0.2, 0) is 9.84 Å². The number of carbonyl (C=O) groups is 1. The number of fused-ring (bicyclic) bond motifs is 2. The van der Waals surface area contributed by atoms with E-state index in [0.29, 0.717) is 25.0 Å². The Morgan fingerprint density at radius 1 is 1.11 bits per heavy atom. The lowest BCUT2D eigenvalue weighted by molar-refractivity contribution is -0.154. The van der Waals surface area contributed by atoms with E-state index < -0.39 is 68.6 Å². The monoisotopic (exact) mass is 533 g/mol. The van der Waals surface area contributed by atoms with Crippen LogP contribution in [0.15, 0.2) is 35.2 Å². The Labute approximate surface area is 204 Å². The molecule has 12 heteroatoms. The van der Waals surface area contributed by atoms with Gasteiger partial charge >= 0.3 is 0 Å². The fourth-order valence-corrected chi connectivity index (χ4v) is 7.76. The number of hydrogen-bond acceptors (Lipinski definition) is 6. The highest BCUT2D eigenvalue weighted by molar-refractivity contribution is 7.92. The number of sulfone groups is 1. The van der Waals surface area contributed by atoms with Crippen molar-refractivity contribution in [2.45, 2.75) is 47.5 Å². The van der Waals surface area contributed by atoms with E-state index in [1.807, 2.05) is 0 Å². The minimum Gasteiger partial charge on any atom is -0.394 e. The van der Waals surface area contributed by atoms with E-state index in [0.717, 1.165) is 6.07 Å². The molecule has 0 radical (unpaired) electrons. The van der Waals surface area contributed by atoms with Gasteiger partial charge in [0.1, 0.15) is 6.10 Å². The normalized spacial score (nSPS) is 27.0. The summed E-state index contributed by atoms with van der Waals surface area (Å²) in [5.74, 6) is -6.68. The molecule has 2 aromatic carbocycles. The van der Waals surface area contributed by atoms with Crippen molar-refractivity contribution in [3.05, 3.63) is 58.4 Å². The molecule has 2 saturated carbocycles. The molecule has 4 rings (SSSR count). The number of benzene rings is 2. The molecule has 2 fully saturated rings. The zero-order chi connectivity index (χ0) is 25.7. The average Bonchev–Trinajstić information content (AvgIpc) is 2.98. The number of hydrogen-bond donors (Lipinski definition) is 4. The first-order valence-corrected chi connectivity index (χ1v) is 12.8. The summed E-state index contributed by atoms with van der Waals surface area (Å²) in [4.78, 5) is 12.3. The zero-order valence-electron chi connectivity index (χ0n) is 18.2. The first-order valence-electron chi connectivity index (χ1n) is 10.9. The van der Waals surface area contributed by atoms with Crippen LogP contribution in [0.4, 0.5) is 18.9 Å². The van der Waals surface area contributed by atoms with Crippen LogP contribution in [0.5, 0.6) is 0 Å². The molecular formula is C23H23ClF3NO6S. The molecule has 0 heterocycles. The van der Waals surface area contributed by atoms with Crippen LogP contribution < -0.4 is 5.32 Å². The molecule has 1 amide bonds. The summed E-state index contributed by atoms with van der Waals surface area (Å²) in [5, 5.41) is 31.6. The molecule has 2 aliphatic rings. The predicted molar refractivity (Wildman–Crippen MR) is 120 cm³/mol. The van der Waals surface area contributed by atoms with Gasteiger partial charge in [-0.1, -0.05) is 11.6 Å². The van der Waals surface area contributed by atoms with Gasteiger partial charge in [-0.2, -0.15) is 0 Å². The van der Waals surface area contributed by atoms with Gasteiger partial charge in [-0.3, -0.25) is 4.79 Å². The lowest BCUT2D eigenvalue weighted by Gasteiger charge is -2.44. The molecule has 35 heavy (non-hydrogen) atoms. The van der Waals surface area contributed by atoms with Gasteiger partial charge in [-0.05, 0) is 55.7 Å². The van der Waals surface area contributed by atoms with Crippen LogP contribution in [0, 0.1) is 29.3 Å². The molecule has 190 valence electrons. The summed E-state index contributed by atoms with van der Waals surface area (Å²) in [5.41, 5.74) is -2.10. The summed E-state index contributed by atoms with van der Waals surface area (Å²) >= 11 is 6.17. The van der Waals surface area contributed by atoms with Crippen molar-refractivity contribution in [3.63, 3.8) is 0 Å². The largest absolute Gasteiger partial charge is 0.394 e. The Morgan fingerprint density at radius 3 is 2.23 bits per heavy atom. The average molecular weight is 534 g/mol. The van der Waals surface area contributed by atoms with E-state index in [1.165, 1.54) is 12.1 Å². The molecule has 2 bridgehead atoms. The topological polar surface area (TPSA) is 124 Å². The van der Waals surface area contributed by atoms with Crippen LogP contribution in [0.25, 0.3) is 0 Å². The molecule has 2 aromatic rings. The molecule has 2 unspecified atom stereocenters. The number of nitrogens with one attached hydrogen (secondary N) is 1. The van der Waals surface area contributed by atoms with Crippen molar-refractivity contribution in [1.29, 1.82) is 0 Å². The third-order valence-electron chi connectivity index (χ3n) is 7.15. The molecule has 0 aromatic heterocycles. The smallest absolute Gasteiger partial charge is 0.255 e. The zero-order valence-corrected chi connectivity index (χ0v) is 19.8. The summed E-state index contributed by atoms with van der Waals surface area (Å²) in [6.45, 7) is -0.647. The lowest BCUT2D eigenvalue weighted by atomic mass is 9.71. The Bertz CT molecular complexity index is 1240. The van der Waals surface area contributed by atoms with Gasteiger partial charge in [0.05, 0.1) is 27.4 Å². The van der Waals surface area contributed by atoms with Gasteiger partial charge in [-0.25, -0.2) is 21.6 Å². The van der Waals surface area contributed by atoms with Gasteiger partial charge in [-0.15, -0.1) is 0 Å². The Balaban J connectivity index is 1.60. The molecule has 0 saturated heterocycles. The number of amides is 1. The highest BCUT2D eigenvalue weighted by Crippen LogP contribution is 2.53. The second kappa shape index (κ2) is 9.36. The number of aliphatic hydroxyl groups is 3. The Morgan fingerprint density at radius 2 is 1.69 bits per heavy atom. The maximum Gasteiger partial charge on any atom is 0.255 e. The number of aliphatic hydroxyl groups excluding tert-OH is 2. The van der Waals surface area contributed by atoms with Crippen molar-refractivity contribution in [2.75, 3.05) is 11.9 Å². The van der Waals surface area contributed by atoms with Crippen molar-refractivity contribution < 1.29 is 41.7 Å². The quantitative estimate of drug-likeness (QED) is 0.423. The van der Waals surface area contributed by atoms with Crippen LogP contribution in [-0.4, -0.2) is 53.2 Å². The third kappa shape index (κ3) is 4.44. The first-order chi connectivity index (χ1) is 16.4. The second-order valence-electron chi connectivity index (χ2n) is 9.05. The molecule has 4 N–H and O–H groups in total. The minimum atomic E-state index is -4.09. The van der Waals surface area contributed by atoms with Gasteiger partial charge in [0.15, 0.2) is 27.3 Å². The molecule has 5 atom stereocenters. The van der Waals surface area contributed by atoms with Crippen LogP contribution in [0.3, 0.4) is 0 Å². The van der Waals surface area contributed by atoms with Crippen molar-refractivity contribution >= 4 is 33.0 Å². The molecule has 0 aliphatic heterocycles. The van der Waals surface area contributed by atoms with Gasteiger partial charge in [0.2, 0.25) is 0 Å². The molecule has 7 nitrogen and oxygen atoms in total. The van der Waals surface area contributed by atoms with Gasteiger partial charge < -0.3 is 20.6 Å². The van der Waals surface area contributed by atoms with E-state index in [2.05, 4.69) is 5.32 Å². The molecule has 2 aliphatic carbocycles. The minimum absolute atomic E-state index is 0.0350.